The summed E-state index contributed by atoms with van der Waals surface area (Å²) in [7, 11) is -7.70. The maximum atomic E-state index is 12.7. The number of imidazole rings is 1. The fraction of sp³-hybridized carbons (Fsp3) is 0.263. The predicted molar refractivity (Wildman–Crippen MR) is 117 cm³/mol. The molecule has 0 aliphatic carbocycles. The van der Waals surface area contributed by atoms with Crippen molar-refractivity contribution in [3.05, 3.63) is 48.0 Å². The zero-order valence-electron chi connectivity index (χ0n) is 16.6. The molecule has 164 valence electrons. The number of hydrogen-bond donors (Lipinski definition) is 1. The summed E-state index contributed by atoms with van der Waals surface area (Å²) in [6, 6.07) is 10.7. The Morgan fingerprint density at radius 1 is 1.13 bits per heavy atom. The highest BCUT2D eigenvalue weighted by molar-refractivity contribution is 7.99. The summed E-state index contributed by atoms with van der Waals surface area (Å²) >= 11 is 1.31. The van der Waals surface area contributed by atoms with Gasteiger partial charge in [-0.3, -0.25) is 4.79 Å². The molecule has 0 bridgehead atoms. The summed E-state index contributed by atoms with van der Waals surface area (Å²) in [5, 5.41) is 5.83. The minimum atomic E-state index is -3.85. The highest BCUT2D eigenvalue weighted by Crippen LogP contribution is 2.31. The molecule has 9 nitrogen and oxygen atoms in total. The molecular formula is C19H20N4O5S3. The van der Waals surface area contributed by atoms with Gasteiger partial charge in [0, 0.05) is 18.8 Å². The Balaban J connectivity index is 1.58. The van der Waals surface area contributed by atoms with Gasteiger partial charge in [0.15, 0.2) is 5.16 Å². The molecular weight excluding hydrogens is 460 g/mol. The summed E-state index contributed by atoms with van der Waals surface area (Å²) in [6.07, 6.45) is 0.824. The van der Waals surface area contributed by atoms with Crippen LogP contribution in [0.25, 0.3) is 11.0 Å². The van der Waals surface area contributed by atoms with E-state index in [1.54, 1.807) is 18.2 Å². The third-order valence-corrected chi connectivity index (χ3v) is 8.61. The van der Waals surface area contributed by atoms with Gasteiger partial charge in [0.05, 0.1) is 21.5 Å². The van der Waals surface area contributed by atoms with Gasteiger partial charge in [0.1, 0.15) is 4.90 Å². The molecule has 2 N–H and O–H groups in total. The molecule has 0 fully saturated rings. The fourth-order valence-electron chi connectivity index (χ4n) is 3.49. The Kier molecular flexibility index (Phi) is 5.58. The predicted octanol–water partition coefficient (Wildman–Crippen LogP) is 2.03. The van der Waals surface area contributed by atoms with Crippen molar-refractivity contribution in [2.45, 2.75) is 34.8 Å². The normalized spacial score (nSPS) is 15.5. The average Bonchev–Trinajstić information content (AvgIpc) is 3.15. The lowest BCUT2D eigenvalue weighted by Gasteiger charge is -2.14. The van der Waals surface area contributed by atoms with Crippen LogP contribution in [0.4, 0.5) is 0 Å². The average molecular weight is 481 g/mol. The first-order valence-electron chi connectivity index (χ1n) is 9.46. The summed E-state index contributed by atoms with van der Waals surface area (Å²) < 4.78 is 51.5. The first-order valence-corrected chi connectivity index (χ1v) is 13.4. The van der Waals surface area contributed by atoms with E-state index in [0.717, 1.165) is 16.2 Å². The first kappa shape index (κ1) is 21.8. The van der Waals surface area contributed by atoms with Gasteiger partial charge >= 0.3 is 0 Å². The van der Waals surface area contributed by atoms with Crippen LogP contribution in [-0.4, -0.2) is 48.9 Å². The van der Waals surface area contributed by atoms with Crippen LogP contribution in [0, 0.1) is 0 Å². The Labute approximate surface area is 184 Å². The summed E-state index contributed by atoms with van der Waals surface area (Å²) in [6.45, 7) is 2.66. The van der Waals surface area contributed by atoms with Crippen LogP contribution < -0.4 is 5.14 Å². The first-order chi connectivity index (χ1) is 14.6. The summed E-state index contributed by atoms with van der Waals surface area (Å²) in [4.78, 5) is 17.1. The lowest BCUT2D eigenvalue weighted by molar-refractivity contribution is 0.0876. The van der Waals surface area contributed by atoms with Crippen molar-refractivity contribution < 1.29 is 21.6 Å². The zero-order chi connectivity index (χ0) is 22.4. The molecule has 0 saturated carbocycles. The number of rotatable bonds is 7. The lowest BCUT2D eigenvalue weighted by atomic mass is 10.2. The number of nitrogens with two attached hydrogens (primary N) is 1. The molecule has 0 spiro atoms. The number of primary sulfonamides is 1. The SMILES string of the molecule is CCCn1c(SCCN2C(=O)c3ccccc3S2(=O)=O)nc2cc(S(N)(=O)=O)ccc21. The molecule has 1 aromatic heterocycles. The number of benzene rings is 2. The van der Waals surface area contributed by atoms with Gasteiger partial charge in [-0.05, 0) is 36.8 Å². The van der Waals surface area contributed by atoms with Crippen molar-refractivity contribution in [1.29, 1.82) is 0 Å². The Morgan fingerprint density at radius 3 is 2.55 bits per heavy atom. The van der Waals surface area contributed by atoms with E-state index in [1.807, 2.05) is 11.5 Å². The highest BCUT2D eigenvalue weighted by atomic mass is 32.2. The molecule has 2 aromatic carbocycles. The number of amides is 1. The van der Waals surface area contributed by atoms with E-state index in [2.05, 4.69) is 4.98 Å². The van der Waals surface area contributed by atoms with E-state index in [4.69, 9.17) is 5.14 Å². The van der Waals surface area contributed by atoms with Crippen molar-refractivity contribution >= 4 is 48.7 Å². The van der Waals surface area contributed by atoms with Crippen LogP contribution >= 0.6 is 11.8 Å². The van der Waals surface area contributed by atoms with Gasteiger partial charge in [-0.2, -0.15) is 0 Å². The van der Waals surface area contributed by atoms with Crippen LogP contribution in [0.5, 0.6) is 0 Å². The number of fused-ring (bicyclic) bond motifs is 2. The zero-order valence-corrected chi connectivity index (χ0v) is 19.0. The van der Waals surface area contributed by atoms with Crippen LogP contribution in [0.1, 0.15) is 23.7 Å². The van der Waals surface area contributed by atoms with Gasteiger partial charge in [-0.15, -0.1) is 0 Å². The van der Waals surface area contributed by atoms with E-state index in [0.29, 0.717) is 23.0 Å². The van der Waals surface area contributed by atoms with Crippen LogP contribution in [0.2, 0.25) is 0 Å². The molecule has 1 aliphatic rings. The van der Waals surface area contributed by atoms with Crippen molar-refractivity contribution in [1.82, 2.24) is 13.9 Å². The largest absolute Gasteiger partial charge is 0.319 e. The molecule has 1 aliphatic heterocycles. The number of aryl methyl sites for hydroxylation is 1. The second-order valence-electron chi connectivity index (χ2n) is 6.97. The topological polar surface area (TPSA) is 132 Å². The van der Waals surface area contributed by atoms with E-state index in [1.165, 1.54) is 36.0 Å². The maximum Gasteiger partial charge on any atom is 0.269 e. The van der Waals surface area contributed by atoms with Crippen molar-refractivity contribution in [2.24, 2.45) is 5.14 Å². The van der Waals surface area contributed by atoms with Crippen LogP contribution in [0.15, 0.2) is 57.4 Å². The smallest absolute Gasteiger partial charge is 0.269 e. The molecule has 4 rings (SSSR count). The number of carbonyl (C=O) groups is 1. The Hall–Kier alpha value is -2.41. The number of nitrogens with zero attached hydrogens (tertiary/aromatic N) is 3. The van der Waals surface area contributed by atoms with Crippen LogP contribution in [-0.2, 0) is 26.6 Å². The van der Waals surface area contributed by atoms with Gasteiger partial charge < -0.3 is 4.57 Å². The lowest BCUT2D eigenvalue weighted by Crippen LogP contribution is -2.32. The van der Waals surface area contributed by atoms with Gasteiger partial charge in [-0.1, -0.05) is 30.8 Å². The number of carbonyl (C=O) groups excluding carboxylic acids is 1. The third-order valence-electron chi connectivity index (χ3n) is 4.90. The van der Waals surface area contributed by atoms with Crippen molar-refractivity contribution in [3.8, 4) is 0 Å². The molecule has 3 aromatic rings. The minimum absolute atomic E-state index is 0.00171. The van der Waals surface area contributed by atoms with Crippen molar-refractivity contribution in [3.63, 3.8) is 0 Å². The highest BCUT2D eigenvalue weighted by Gasteiger charge is 2.40. The monoisotopic (exact) mass is 480 g/mol. The number of hydrogen-bond acceptors (Lipinski definition) is 7. The molecule has 1 amide bonds. The molecule has 2 heterocycles. The van der Waals surface area contributed by atoms with E-state index in [-0.39, 0.29) is 21.9 Å². The van der Waals surface area contributed by atoms with E-state index < -0.39 is 26.0 Å². The number of thioether (sulfide) groups is 1. The summed E-state index contributed by atoms with van der Waals surface area (Å²) in [5.74, 6) is -0.232. The second-order valence-corrected chi connectivity index (χ2v) is 11.4. The fourth-order valence-corrected chi connectivity index (χ4v) is 6.67. The molecule has 0 radical (unpaired) electrons. The van der Waals surface area contributed by atoms with E-state index in [9.17, 15) is 21.6 Å². The molecule has 31 heavy (non-hydrogen) atoms. The third kappa shape index (κ3) is 3.84. The van der Waals surface area contributed by atoms with E-state index >= 15 is 0 Å². The van der Waals surface area contributed by atoms with Gasteiger partial charge in [0.2, 0.25) is 10.0 Å². The van der Waals surface area contributed by atoms with Crippen molar-refractivity contribution in [2.75, 3.05) is 12.3 Å². The Bertz CT molecular complexity index is 1400. The quantitative estimate of drug-likeness (QED) is 0.512. The van der Waals surface area contributed by atoms with Gasteiger partial charge in [0.25, 0.3) is 15.9 Å². The van der Waals surface area contributed by atoms with Crippen LogP contribution in [0.3, 0.4) is 0 Å². The standard InChI is InChI=1S/C19H20N4O5S3/c1-2-9-22-16-8-7-13(30(20,25)26)12-15(16)21-19(22)29-11-10-23-18(24)14-5-3-4-6-17(14)31(23,27)28/h3-8,12H,2,9-11H2,1H3,(H2,20,25,26). The maximum absolute atomic E-state index is 12.7. The van der Waals surface area contributed by atoms with Gasteiger partial charge in [-0.25, -0.2) is 31.3 Å². The Morgan fingerprint density at radius 2 is 1.87 bits per heavy atom. The number of sulfonamides is 2. The number of aromatic nitrogens is 2. The molecule has 0 atom stereocenters. The summed E-state index contributed by atoms with van der Waals surface area (Å²) in [5.41, 5.74) is 1.43. The molecule has 0 unspecified atom stereocenters. The molecule has 0 saturated heterocycles. The molecule has 12 heteroatoms. The second kappa shape index (κ2) is 7.93. The minimum Gasteiger partial charge on any atom is -0.319 e.